The molecular weight excluding hydrogens is 288 g/mol. The largest absolute Gasteiger partial charge is 0.366 e. The average Bonchev–Trinajstić information content (AvgIpc) is 2.46. The van der Waals surface area contributed by atoms with E-state index in [0.717, 1.165) is 0 Å². The van der Waals surface area contributed by atoms with Crippen LogP contribution < -0.4 is 10.5 Å². The van der Waals surface area contributed by atoms with E-state index >= 15 is 0 Å². The summed E-state index contributed by atoms with van der Waals surface area (Å²) < 4.78 is 27.0. The number of hydrogen-bond acceptors (Lipinski definition) is 3. The molecule has 2 aromatic rings. The molecule has 0 atom stereocenters. The quantitative estimate of drug-likeness (QED) is 0.878. The molecule has 0 fully saturated rings. The molecule has 1 amide bonds. The van der Waals surface area contributed by atoms with E-state index in [-0.39, 0.29) is 11.4 Å². The number of hydrogen-bond donors (Lipinski definition) is 2. The number of nitrogens with one attached hydrogen (secondary N) is 1. The van der Waals surface area contributed by atoms with E-state index in [1.165, 1.54) is 0 Å². The Morgan fingerprint density at radius 1 is 1.14 bits per heavy atom. The van der Waals surface area contributed by atoms with E-state index in [1.54, 1.807) is 55.5 Å². The number of carbonyl (C=O) groups excluding carboxylic acids is 1. The van der Waals surface area contributed by atoms with E-state index in [2.05, 4.69) is 4.72 Å². The summed E-state index contributed by atoms with van der Waals surface area (Å²) in [5.41, 5.74) is 6.89. The molecule has 0 saturated carbocycles. The van der Waals surface area contributed by atoms with Crippen LogP contribution in [-0.2, 0) is 16.6 Å². The van der Waals surface area contributed by atoms with Crippen molar-refractivity contribution in [1.29, 1.82) is 0 Å². The van der Waals surface area contributed by atoms with Gasteiger partial charge in [-0.3, -0.25) is 4.79 Å². The molecule has 2 rings (SSSR count). The Morgan fingerprint density at radius 3 is 2.52 bits per heavy atom. The Morgan fingerprint density at radius 2 is 1.86 bits per heavy atom. The van der Waals surface area contributed by atoms with Gasteiger partial charge >= 0.3 is 0 Å². The number of carbonyl (C=O) groups is 1. The molecule has 0 aliphatic heterocycles. The number of nitrogens with two attached hydrogens (primary N) is 1. The lowest BCUT2D eigenvalue weighted by Gasteiger charge is -2.09. The van der Waals surface area contributed by atoms with Crippen LogP contribution in [0.1, 0.15) is 21.5 Å². The second kappa shape index (κ2) is 6.07. The summed E-state index contributed by atoms with van der Waals surface area (Å²) in [6.45, 7) is 1.83. The molecule has 3 N–H and O–H groups in total. The smallest absolute Gasteiger partial charge is 0.248 e. The van der Waals surface area contributed by atoms with Gasteiger partial charge in [0.15, 0.2) is 0 Å². The average molecular weight is 304 g/mol. The minimum Gasteiger partial charge on any atom is -0.366 e. The molecular formula is C15H16N2O3S. The van der Waals surface area contributed by atoms with E-state index < -0.39 is 15.9 Å². The third-order valence-corrected chi connectivity index (χ3v) is 4.62. The van der Waals surface area contributed by atoms with Gasteiger partial charge in [0, 0.05) is 12.1 Å². The first kappa shape index (κ1) is 15.2. The van der Waals surface area contributed by atoms with Gasteiger partial charge in [0.2, 0.25) is 15.9 Å². The Hall–Kier alpha value is -2.18. The van der Waals surface area contributed by atoms with Gasteiger partial charge in [-0.25, -0.2) is 13.1 Å². The number of rotatable bonds is 5. The second-order valence-corrected chi connectivity index (χ2v) is 6.39. The standard InChI is InChI=1S/C15H16N2O3S/c1-11-5-2-3-8-14(11)21(19,20)17-10-12-6-4-7-13(9-12)15(16)18/h2-9,17H,10H2,1H3,(H2,16,18). The SMILES string of the molecule is Cc1ccccc1S(=O)(=O)NCc1cccc(C(N)=O)c1. The van der Waals surface area contributed by atoms with Crippen molar-refractivity contribution in [2.45, 2.75) is 18.4 Å². The van der Waals surface area contributed by atoms with E-state index in [4.69, 9.17) is 5.73 Å². The summed E-state index contributed by atoms with van der Waals surface area (Å²) in [5.74, 6) is -0.543. The highest BCUT2D eigenvalue weighted by molar-refractivity contribution is 7.89. The van der Waals surface area contributed by atoms with Crippen molar-refractivity contribution in [3.63, 3.8) is 0 Å². The van der Waals surface area contributed by atoms with Crippen LogP contribution in [0.15, 0.2) is 53.4 Å². The van der Waals surface area contributed by atoms with Gasteiger partial charge in [-0.2, -0.15) is 0 Å². The molecule has 0 heterocycles. The highest BCUT2D eigenvalue weighted by Crippen LogP contribution is 2.14. The normalized spacial score (nSPS) is 11.3. The fourth-order valence-corrected chi connectivity index (χ4v) is 3.21. The van der Waals surface area contributed by atoms with Crippen molar-refractivity contribution in [1.82, 2.24) is 4.72 Å². The number of primary amides is 1. The third-order valence-electron chi connectivity index (χ3n) is 3.06. The fraction of sp³-hybridized carbons (Fsp3) is 0.133. The van der Waals surface area contributed by atoms with Gasteiger partial charge in [0.05, 0.1) is 4.90 Å². The zero-order valence-corrected chi connectivity index (χ0v) is 12.4. The number of sulfonamides is 1. The maximum Gasteiger partial charge on any atom is 0.248 e. The first-order chi connectivity index (χ1) is 9.90. The van der Waals surface area contributed by atoms with Crippen LogP contribution in [0.2, 0.25) is 0 Å². The molecule has 0 radical (unpaired) electrons. The molecule has 0 aromatic heterocycles. The van der Waals surface area contributed by atoms with Gasteiger partial charge in [0.1, 0.15) is 0 Å². The predicted octanol–water partition coefficient (Wildman–Crippen LogP) is 1.57. The fourth-order valence-electron chi connectivity index (χ4n) is 1.95. The summed E-state index contributed by atoms with van der Waals surface area (Å²) in [5, 5.41) is 0. The van der Waals surface area contributed by atoms with E-state index in [9.17, 15) is 13.2 Å². The minimum absolute atomic E-state index is 0.0950. The monoisotopic (exact) mass is 304 g/mol. The molecule has 110 valence electrons. The molecule has 0 bridgehead atoms. The minimum atomic E-state index is -3.59. The van der Waals surface area contributed by atoms with Crippen LogP contribution in [0.3, 0.4) is 0 Å². The molecule has 5 nitrogen and oxygen atoms in total. The highest BCUT2D eigenvalue weighted by Gasteiger charge is 2.15. The van der Waals surface area contributed by atoms with Gasteiger partial charge in [-0.1, -0.05) is 30.3 Å². The first-order valence-corrected chi connectivity index (χ1v) is 7.82. The summed E-state index contributed by atoms with van der Waals surface area (Å²) >= 11 is 0. The van der Waals surface area contributed by atoms with Crippen molar-refractivity contribution in [3.05, 3.63) is 65.2 Å². The van der Waals surface area contributed by atoms with Crippen molar-refractivity contribution in [3.8, 4) is 0 Å². The van der Waals surface area contributed by atoms with Crippen LogP contribution in [0.4, 0.5) is 0 Å². The van der Waals surface area contributed by atoms with Crippen molar-refractivity contribution in [2.24, 2.45) is 5.73 Å². The van der Waals surface area contributed by atoms with Crippen LogP contribution in [-0.4, -0.2) is 14.3 Å². The Kier molecular flexibility index (Phi) is 4.40. The van der Waals surface area contributed by atoms with Gasteiger partial charge < -0.3 is 5.73 Å². The zero-order chi connectivity index (χ0) is 15.5. The van der Waals surface area contributed by atoms with Crippen LogP contribution in [0.5, 0.6) is 0 Å². The lowest BCUT2D eigenvalue weighted by molar-refractivity contribution is 0.1000. The Balaban J connectivity index is 2.18. The van der Waals surface area contributed by atoms with Crippen LogP contribution in [0.25, 0.3) is 0 Å². The molecule has 0 spiro atoms. The molecule has 0 saturated heterocycles. The molecule has 0 unspecified atom stereocenters. The summed E-state index contributed by atoms with van der Waals surface area (Å²) in [6, 6.07) is 13.3. The van der Waals surface area contributed by atoms with Gasteiger partial charge in [-0.15, -0.1) is 0 Å². The summed E-state index contributed by atoms with van der Waals surface area (Å²) in [7, 11) is -3.59. The summed E-state index contributed by atoms with van der Waals surface area (Å²) in [6.07, 6.45) is 0. The highest BCUT2D eigenvalue weighted by atomic mass is 32.2. The van der Waals surface area contributed by atoms with Crippen molar-refractivity contribution in [2.75, 3.05) is 0 Å². The summed E-state index contributed by atoms with van der Waals surface area (Å²) in [4.78, 5) is 11.4. The molecule has 0 aliphatic rings. The third kappa shape index (κ3) is 3.68. The van der Waals surface area contributed by atoms with E-state index in [1.807, 2.05) is 0 Å². The molecule has 6 heteroatoms. The molecule has 21 heavy (non-hydrogen) atoms. The topological polar surface area (TPSA) is 89.3 Å². The molecule has 0 aliphatic carbocycles. The van der Waals surface area contributed by atoms with Crippen molar-refractivity contribution < 1.29 is 13.2 Å². The zero-order valence-electron chi connectivity index (χ0n) is 11.5. The van der Waals surface area contributed by atoms with Crippen molar-refractivity contribution >= 4 is 15.9 Å². The maximum absolute atomic E-state index is 12.2. The lowest BCUT2D eigenvalue weighted by Crippen LogP contribution is -2.24. The number of amides is 1. The number of benzene rings is 2. The number of aryl methyl sites for hydroxylation is 1. The predicted molar refractivity (Wildman–Crippen MR) is 80.2 cm³/mol. The van der Waals surface area contributed by atoms with E-state index in [0.29, 0.717) is 16.7 Å². The Labute approximate surface area is 123 Å². The molecule has 2 aromatic carbocycles. The first-order valence-electron chi connectivity index (χ1n) is 6.34. The van der Waals surface area contributed by atoms with Gasteiger partial charge in [-0.05, 0) is 36.2 Å². The second-order valence-electron chi connectivity index (χ2n) is 4.65. The Bertz CT molecular complexity index is 770. The maximum atomic E-state index is 12.2. The van der Waals surface area contributed by atoms with Crippen LogP contribution >= 0.6 is 0 Å². The van der Waals surface area contributed by atoms with Gasteiger partial charge in [0.25, 0.3) is 0 Å². The lowest BCUT2D eigenvalue weighted by atomic mass is 10.1. The van der Waals surface area contributed by atoms with Crippen LogP contribution in [0, 0.1) is 6.92 Å².